The molecule has 0 aromatic carbocycles. The fraction of sp³-hybridized carbons (Fsp3) is 0.778. The largest absolute Gasteiger partial charge is 0.480 e. The zero-order valence-electron chi connectivity index (χ0n) is 10.0. The maximum Gasteiger partial charge on any atom is 0.325 e. The highest BCUT2D eigenvalue weighted by Gasteiger charge is 2.10. The first-order chi connectivity index (χ1) is 8.17. The van der Waals surface area contributed by atoms with Gasteiger partial charge in [-0.15, -0.1) is 5.10 Å². The number of hydrogen-bond donors (Lipinski definition) is 1. The van der Waals surface area contributed by atoms with Gasteiger partial charge in [-0.2, -0.15) is 0 Å². The maximum atomic E-state index is 10.6. The predicted octanol–water partition coefficient (Wildman–Crippen LogP) is 0.192. The van der Waals surface area contributed by atoms with Gasteiger partial charge in [0.2, 0.25) is 5.16 Å². The maximum absolute atomic E-state index is 10.6. The highest BCUT2D eigenvalue weighted by atomic mass is 32.2. The highest BCUT2D eigenvalue weighted by Crippen LogP contribution is 2.13. The van der Waals surface area contributed by atoms with Crippen molar-refractivity contribution in [2.24, 2.45) is 0 Å². The van der Waals surface area contributed by atoms with Gasteiger partial charge in [0.1, 0.15) is 6.54 Å². The minimum Gasteiger partial charge on any atom is -0.480 e. The molecule has 7 nitrogen and oxygen atoms in total. The Kier molecular flexibility index (Phi) is 5.92. The van der Waals surface area contributed by atoms with Gasteiger partial charge in [-0.3, -0.25) is 4.79 Å². The molecule has 0 spiro atoms. The third kappa shape index (κ3) is 4.70. The Bertz CT molecular complexity index is 353. The van der Waals surface area contributed by atoms with Crippen molar-refractivity contribution in [1.82, 2.24) is 25.1 Å². The van der Waals surface area contributed by atoms with Gasteiger partial charge >= 0.3 is 5.97 Å². The van der Waals surface area contributed by atoms with Crippen LogP contribution in [0.3, 0.4) is 0 Å². The van der Waals surface area contributed by atoms with Gasteiger partial charge < -0.3 is 10.0 Å². The van der Waals surface area contributed by atoms with Gasteiger partial charge in [-0.25, -0.2) is 4.68 Å². The lowest BCUT2D eigenvalue weighted by Crippen LogP contribution is -2.25. The van der Waals surface area contributed by atoms with Crippen molar-refractivity contribution in [2.75, 3.05) is 25.4 Å². The Morgan fingerprint density at radius 1 is 1.47 bits per heavy atom. The van der Waals surface area contributed by atoms with Gasteiger partial charge in [0.25, 0.3) is 0 Å². The second-order valence-corrected chi connectivity index (χ2v) is 4.45. The topological polar surface area (TPSA) is 84.1 Å². The van der Waals surface area contributed by atoms with Gasteiger partial charge in [-0.05, 0) is 23.5 Å². The van der Waals surface area contributed by atoms with Crippen molar-refractivity contribution in [3.8, 4) is 0 Å². The standard InChI is InChI=1S/C9H17N5O2S/c1-3-13(4-2)5-6-17-9-10-11-12-14(9)7-8(15)16/h3-7H2,1-2H3,(H,15,16). The molecular formula is C9H17N5O2S. The Morgan fingerprint density at radius 3 is 2.76 bits per heavy atom. The molecule has 0 fully saturated rings. The van der Waals surface area contributed by atoms with Crippen molar-refractivity contribution in [3.05, 3.63) is 0 Å². The smallest absolute Gasteiger partial charge is 0.325 e. The SMILES string of the molecule is CCN(CC)CCSc1nnnn1CC(=O)O. The van der Waals surface area contributed by atoms with Crippen LogP contribution < -0.4 is 0 Å². The molecule has 0 aliphatic rings. The van der Waals surface area contributed by atoms with Crippen LogP contribution in [0.2, 0.25) is 0 Å². The summed E-state index contributed by atoms with van der Waals surface area (Å²) in [6.07, 6.45) is 0. The molecule has 8 heteroatoms. The molecule has 0 saturated heterocycles. The number of aliphatic carboxylic acids is 1. The second-order valence-electron chi connectivity index (χ2n) is 3.39. The lowest BCUT2D eigenvalue weighted by atomic mass is 10.5. The molecule has 0 saturated carbocycles. The van der Waals surface area contributed by atoms with Gasteiger partial charge in [0, 0.05) is 12.3 Å². The van der Waals surface area contributed by atoms with Crippen LogP contribution in [0.25, 0.3) is 0 Å². The lowest BCUT2D eigenvalue weighted by Gasteiger charge is -2.16. The molecule has 0 atom stereocenters. The van der Waals surface area contributed by atoms with Crippen LogP contribution in [-0.2, 0) is 11.3 Å². The van der Waals surface area contributed by atoms with Gasteiger partial charge in [0.05, 0.1) is 0 Å². The average Bonchev–Trinajstić information content (AvgIpc) is 2.71. The van der Waals surface area contributed by atoms with Crippen molar-refractivity contribution < 1.29 is 9.90 Å². The van der Waals surface area contributed by atoms with Crippen LogP contribution in [0.1, 0.15) is 13.8 Å². The number of nitrogens with zero attached hydrogens (tertiary/aromatic N) is 5. The molecule has 1 aromatic rings. The van der Waals surface area contributed by atoms with E-state index in [1.165, 1.54) is 16.4 Å². The van der Waals surface area contributed by atoms with Crippen LogP contribution in [0.15, 0.2) is 5.16 Å². The monoisotopic (exact) mass is 259 g/mol. The van der Waals surface area contributed by atoms with E-state index in [1.807, 2.05) is 0 Å². The van der Waals surface area contributed by atoms with Gasteiger partial charge in [0.15, 0.2) is 0 Å². The molecule has 1 heterocycles. The molecule has 0 amide bonds. The number of carboxylic acid groups (broad SMARTS) is 1. The summed E-state index contributed by atoms with van der Waals surface area (Å²) in [5, 5.41) is 20.1. The third-order valence-electron chi connectivity index (χ3n) is 2.32. The van der Waals surface area contributed by atoms with Crippen molar-refractivity contribution >= 4 is 17.7 Å². The Labute approximate surface area is 104 Å². The summed E-state index contributed by atoms with van der Waals surface area (Å²) in [7, 11) is 0. The zero-order valence-corrected chi connectivity index (χ0v) is 10.9. The van der Waals surface area contributed by atoms with E-state index in [-0.39, 0.29) is 6.54 Å². The first kappa shape index (κ1) is 13.9. The summed E-state index contributed by atoms with van der Waals surface area (Å²) in [4.78, 5) is 12.8. The van der Waals surface area contributed by atoms with E-state index in [1.54, 1.807) is 0 Å². The molecule has 1 N–H and O–H groups in total. The lowest BCUT2D eigenvalue weighted by molar-refractivity contribution is -0.138. The van der Waals surface area contributed by atoms with Crippen LogP contribution in [0.4, 0.5) is 0 Å². The summed E-state index contributed by atoms with van der Waals surface area (Å²) >= 11 is 1.48. The van der Waals surface area contributed by atoms with E-state index in [4.69, 9.17) is 5.11 Å². The molecule has 0 unspecified atom stereocenters. The molecule has 0 aliphatic heterocycles. The molecular weight excluding hydrogens is 242 g/mol. The Morgan fingerprint density at radius 2 is 2.18 bits per heavy atom. The van der Waals surface area contributed by atoms with E-state index in [0.29, 0.717) is 5.16 Å². The fourth-order valence-corrected chi connectivity index (χ4v) is 2.21. The molecule has 96 valence electrons. The van der Waals surface area contributed by atoms with Gasteiger partial charge in [-0.1, -0.05) is 25.6 Å². The molecule has 1 rings (SSSR count). The van der Waals surface area contributed by atoms with Crippen LogP contribution in [0.5, 0.6) is 0 Å². The number of rotatable bonds is 8. The normalized spacial score (nSPS) is 11.0. The number of carboxylic acids is 1. The Hall–Kier alpha value is -1.15. The van der Waals surface area contributed by atoms with E-state index in [9.17, 15) is 4.79 Å². The van der Waals surface area contributed by atoms with Crippen LogP contribution in [0, 0.1) is 0 Å². The number of carbonyl (C=O) groups is 1. The first-order valence-electron chi connectivity index (χ1n) is 5.50. The van der Waals surface area contributed by atoms with Crippen LogP contribution in [-0.4, -0.2) is 61.6 Å². The fourth-order valence-electron chi connectivity index (χ4n) is 1.33. The number of tetrazole rings is 1. The second kappa shape index (κ2) is 7.23. The third-order valence-corrected chi connectivity index (χ3v) is 3.25. The minimum atomic E-state index is -0.942. The number of hydrogen-bond acceptors (Lipinski definition) is 6. The quantitative estimate of drug-likeness (QED) is 0.667. The Balaban J connectivity index is 2.41. The summed E-state index contributed by atoms with van der Waals surface area (Å²) in [5.74, 6) is -0.0929. The highest BCUT2D eigenvalue weighted by molar-refractivity contribution is 7.99. The molecule has 0 radical (unpaired) electrons. The first-order valence-corrected chi connectivity index (χ1v) is 6.49. The molecule has 0 aliphatic carbocycles. The summed E-state index contributed by atoms with van der Waals surface area (Å²) in [5.41, 5.74) is 0. The van der Waals surface area contributed by atoms with Crippen molar-refractivity contribution in [3.63, 3.8) is 0 Å². The summed E-state index contributed by atoms with van der Waals surface area (Å²) in [6, 6.07) is 0. The van der Waals surface area contributed by atoms with E-state index < -0.39 is 5.97 Å². The molecule has 0 bridgehead atoms. The zero-order chi connectivity index (χ0) is 12.7. The van der Waals surface area contributed by atoms with Crippen molar-refractivity contribution in [1.29, 1.82) is 0 Å². The number of aromatic nitrogens is 4. The summed E-state index contributed by atoms with van der Waals surface area (Å²) in [6.45, 7) is 7.00. The minimum absolute atomic E-state index is 0.194. The van der Waals surface area contributed by atoms with Crippen LogP contribution >= 0.6 is 11.8 Å². The van der Waals surface area contributed by atoms with Crippen molar-refractivity contribution in [2.45, 2.75) is 25.5 Å². The number of thioether (sulfide) groups is 1. The predicted molar refractivity (Wildman–Crippen MR) is 64.0 cm³/mol. The average molecular weight is 259 g/mol. The molecule has 1 aromatic heterocycles. The summed E-state index contributed by atoms with van der Waals surface area (Å²) < 4.78 is 1.30. The van der Waals surface area contributed by atoms with E-state index >= 15 is 0 Å². The van der Waals surface area contributed by atoms with E-state index in [0.717, 1.165) is 25.4 Å². The molecule has 17 heavy (non-hydrogen) atoms. The van der Waals surface area contributed by atoms with E-state index in [2.05, 4.69) is 34.3 Å².